The maximum Gasteiger partial charge on any atom is 0.265 e. The molecule has 0 unspecified atom stereocenters. The molecule has 5 nitrogen and oxygen atoms in total. The average Bonchev–Trinajstić information content (AvgIpc) is 2.43. The van der Waals surface area contributed by atoms with Crippen molar-refractivity contribution in [3.63, 3.8) is 0 Å². The van der Waals surface area contributed by atoms with E-state index in [1.807, 2.05) is 6.92 Å². The summed E-state index contributed by atoms with van der Waals surface area (Å²) >= 11 is 5.64. The third kappa shape index (κ3) is 3.62. The van der Waals surface area contributed by atoms with Gasteiger partial charge in [0.2, 0.25) is 0 Å². The molecule has 0 amide bonds. The van der Waals surface area contributed by atoms with Gasteiger partial charge in [-0.05, 0) is 37.3 Å². The molecule has 0 radical (unpaired) electrons. The first-order chi connectivity index (χ1) is 9.94. The zero-order valence-corrected chi connectivity index (χ0v) is 12.7. The lowest BCUT2D eigenvalue weighted by molar-refractivity contribution is 0.601. The SMILES string of the molecule is CCNc1ncccc1S(=O)(=O)Nc1ccc(F)c(Cl)c1. The highest BCUT2D eigenvalue weighted by Gasteiger charge is 2.19. The van der Waals surface area contributed by atoms with Crippen LogP contribution >= 0.6 is 11.6 Å². The zero-order chi connectivity index (χ0) is 15.5. The minimum absolute atomic E-state index is 0.00676. The molecule has 2 rings (SSSR count). The molecule has 0 spiro atoms. The number of rotatable bonds is 5. The second kappa shape index (κ2) is 6.28. The smallest absolute Gasteiger partial charge is 0.265 e. The molecule has 1 aromatic carbocycles. The minimum atomic E-state index is -3.85. The number of hydrogen-bond acceptors (Lipinski definition) is 4. The third-order valence-electron chi connectivity index (χ3n) is 2.58. The van der Waals surface area contributed by atoms with Gasteiger partial charge in [-0.1, -0.05) is 11.6 Å². The van der Waals surface area contributed by atoms with Gasteiger partial charge in [0.15, 0.2) is 0 Å². The van der Waals surface area contributed by atoms with Crippen molar-refractivity contribution in [1.29, 1.82) is 0 Å². The van der Waals surface area contributed by atoms with Crippen molar-refractivity contribution >= 4 is 33.1 Å². The van der Waals surface area contributed by atoms with E-state index in [1.54, 1.807) is 0 Å². The number of nitrogens with zero attached hydrogens (tertiary/aromatic N) is 1. The van der Waals surface area contributed by atoms with Gasteiger partial charge in [-0.15, -0.1) is 0 Å². The van der Waals surface area contributed by atoms with E-state index < -0.39 is 15.8 Å². The molecule has 1 aromatic heterocycles. The minimum Gasteiger partial charge on any atom is -0.369 e. The lowest BCUT2D eigenvalue weighted by Crippen LogP contribution is -2.16. The summed E-state index contributed by atoms with van der Waals surface area (Å²) in [4.78, 5) is 4.00. The van der Waals surface area contributed by atoms with Gasteiger partial charge in [-0.3, -0.25) is 4.72 Å². The highest BCUT2D eigenvalue weighted by atomic mass is 35.5. The van der Waals surface area contributed by atoms with Gasteiger partial charge in [0, 0.05) is 12.7 Å². The molecule has 2 aromatic rings. The van der Waals surface area contributed by atoms with E-state index in [4.69, 9.17) is 11.6 Å². The summed E-state index contributed by atoms with van der Waals surface area (Å²) in [6.45, 7) is 2.36. The van der Waals surface area contributed by atoms with Crippen LogP contribution in [-0.2, 0) is 10.0 Å². The maximum atomic E-state index is 13.1. The van der Waals surface area contributed by atoms with Gasteiger partial charge in [0.05, 0.1) is 10.7 Å². The van der Waals surface area contributed by atoms with E-state index in [2.05, 4.69) is 15.0 Å². The zero-order valence-electron chi connectivity index (χ0n) is 11.1. The summed E-state index contributed by atoms with van der Waals surface area (Å²) < 4.78 is 40.2. The van der Waals surface area contributed by atoms with Crippen LogP contribution < -0.4 is 10.0 Å². The Hall–Kier alpha value is -1.86. The third-order valence-corrected chi connectivity index (χ3v) is 4.28. The summed E-state index contributed by atoms with van der Waals surface area (Å²) in [5, 5.41) is 2.71. The quantitative estimate of drug-likeness (QED) is 0.884. The molecule has 0 saturated heterocycles. The topological polar surface area (TPSA) is 71.1 Å². The summed E-state index contributed by atoms with van der Waals surface area (Å²) in [6.07, 6.45) is 1.49. The molecule has 1 heterocycles. The van der Waals surface area contributed by atoms with Gasteiger partial charge >= 0.3 is 0 Å². The van der Waals surface area contributed by atoms with Crippen LogP contribution in [0.2, 0.25) is 5.02 Å². The van der Waals surface area contributed by atoms with Crippen LogP contribution in [0.25, 0.3) is 0 Å². The first kappa shape index (κ1) is 15.5. The monoisotopic (exact) mass is 329 g/mol. The Bertz CT molecular complexity index is 753. The van der Waals surface area contributed by atoms with E-state index >= 15 is 0 Å². The lowest BCUT2D eigenvalue weighted by Gasteiger charge is -2.12. The average molecular weight is 330 g/mol. The van der Waals surface area contributed by atoms with Crippen LogP contribution in [0.15, 0.2) is 41.4 Å². The fraction of sp³-hybridized carbons (Fsp3) is 0.154. The van der Waals surface area contributed by atoms with Gasteiger partial charge < -0.3 is 5.32 Å². The number of hydrogen-bond donors (Lipinski definition) is 2. The molecule has 21 heavy (non-hydrogen) atoms. The van der Waals surface area contributed by atoms with Crippen LogP contribution in [0.4, 0.5) is 15.9 Å². The van der Waals surface area contributed by atoms with Gasteiger partial charge in [-0.2, -0.15) is 0 Å². The fourth-order valence-electron chi connectivity index (χ4n) is 1.68. The van der Waals surface area contributed by atoms with E-state index in [9.17, 15) is 12.8 Å². The Balaban J connectivity index is 2.36. The van der Waals surface area contributed by atoms with E-state index in [0.29, 0.717) is 6.54 Å². The maximum absolute atomic E-state index is 13.1. The standard InChI is InChI=1S/C13H13ClFN3O2S/c1-2-16-13-12(4-3-7-17-13)21(19,20)18-9-5-6-11(15)10(14)8-9/h3-8,18H,2H2,1H3,(H,16,17). The molecule has 0 fully saturated rings. The predicted octanol–water partition coefficient (Wildman–Crippen LogP) is 3.11. The van der Waals surface area contributed by atoms with Crippen LogP contribution in [-0.4, -0.2) is 19.9 Å². The normalized spacial score (nSPS) is 11.2. The van der Waals surface area contributed by atoms with E-state index in [0.717, 1.165) is 6.07 Å². The van der Waals surface area contributed by atoms with Crippen molar-refractivity contribution in [2.75, 3.05) is 16.6 Å². The lowest BCUT2D eigenvalue weighted by atomic mass is 10.3. The van der Waals surface area contributed by atoms with Crippen LogP contribution in [0.3, 0.4) is 0 Å². The number of nitrogens with one attached hydrogen (secondary N) is 2. The highest BCUT2D eigenvalue weighted by molar-refractivity contribution is 7.92. The molecule has 2 N–H and O–H groups in total. The van der Waals surface area contributed by atoms with Crippen molar-refractivity contribution in [3.05, 3.63) is 47.4 Å². The first-order valence-corrected chi connectivity index (χ1v) is 7.97. The number of halogens is 2. The number of aromatic nitrogens is 1. The van der Waals surface area contributed by atoms with E-state index in [-0.39, 0.29) is 21.4 Å². The van der Waals surface area contributed by atoms with Crippen molar-refractivity contribution in [3.8, 4) is 0 Å². The summed E-state index contributed by atoms with van der Waals surface area (Å²) in [5.41, 5.74) is 0.174. The van der Waals surface area contributed by atoms with Gasteiger partial charge in [0.1, 0.15) is 16.5 Å². The van der Waals surface area contributed by atoms with E-state index in [1.165, 1.54) is 30.5 Å². The first-order valence-electron chi connectivity index (χ1n) is 6.11. The molecule has 112 valence electrons. The summed E-state index contributed by atoms with van der Waals surface area (Å²) in [6, 6.07) is 6.54. The molecule has 0 aliphatic rings. The number of benzene rings is 1. The molecule has 0 aliphatic carbocycles. The molecule has 0 atom stereocenters. The second-order valence-electron chi connectivity index (χ2n) is 4.11. The summed E-state index contributed by atoms with van der Waals surface area (Å²) in [5.74, 6) is -0.366. The Kier molecular flexibility index (Phi) is 4.64. The van der Waals surface area contributed by atoms with Crippen molar-refractivity contribution in [1.82, 2.24) is 4.98 Å². The Morgan fingerprint density at radius 1 is 1.33 bits per heavy atom. The van der Waals surface area contributed by atoms with Crippen LogP contribution in [0.5, 0.6) is 0 Å². The molecule has 8 heteroatoms. The highest BCUT2D eigenvalue weighted by Crippen LogP contribution is 2.24. The fourth-order valence-corrected chi connectivity index (χ4v) is 3.04. The van der Waals surface area contributed by atoms with Crippen LogP contribution in [0.1, 0.15) is 6.92 Å². The molecule has 0 saturated carbocycles. The second-order valence-corrected chi connectivity index (χ2v) is 6.17. The Morgan fingerprint density at radius 2 is 2.10 bits per heavy atom. The number of anilines is 2. The molecular formula is C13H13ClFN3O2S. The van der Waals surface area contributed by atoms with Crippen molar-refractivity contribution in [2.24, 2.45) is 0 Å². The molecular weight excluding hydrogens is 317 g/mol. The molecule has 0 bridgehead atoms. The van der Waals surface area contributed by atoms with Gasteiger partial charge in [-0.25, -0.2) is 17.8 Å². The van der Waals surface area contributed by atoms with Crippen molar-refractivity contribution < 1.29 is 12.8 Å². The number of sulfonamides is 1. The largest absolute Gasteiger partial charge is 0.369 e. The van der Waals surface area contributed by atoms with Crippen LogP contribution in [0, 0.1) is 5.82 Å². The molecule has 0 aliphatic heterocycles. The Morgan fingerprint density at radius 3 is 2.76 bits per heavy atom. The summed E-state index contributed by atoms with van der Waals surface area (Å²) in [7, 11) is -3.85. The Labute approximate surface area is 127 Å². The van der Waals surface area contributed by atoms with Crippen molar-refractivity contribution in [2.45, 2.75) is 11.8 Å². The van der Waals surface area contributed by atoms with Gasteiger partial charge in [0.25, 0.3) is 10.0 Å². The predicted molar refractivity (Wildman–Crippen MR) is 80.6 cm³/mol. The number of pyridine rings is 1.